The summed E-state index contributed by atoms with van der Waals surface area (Å²) in [5, 5.41) is 77.2. The fraction of sp³-hybridized carbons (Fsp3) is 0.660. The normalized spacial score (nSPS) is 33.9. The number of aromatic hydroxyl groups is 1. The van der Waals surface area contributed by atoms with Crippen LogP contribution in [0.3, 0.4) is 0 Å². The van der Waals surface area contributed by atoms with Crippen molar-refractivity contribution in [1.82, 2.24) is 15.6 Å². The van der Waals surface area contributed by atoms with E-state index in [1.54, 1.807) is 21.6 Å². The van der Waals surface area contributed by atoms with Crippen molar-refractivity contribution in [2.75, 3.05) is 31.2 Å². The molecule has 2 aliphatic heterocycles. The average molecular weight is 945 g/mol. The van der Waals surface area contributed by atoms with Crippen LogP contribution < -0.4 is 21.1 Å². The SMILES string of the molecule is CCC1C#CC2C=C3C(CC)Cc4cc(O)c(OC5CC(Cc6ccc[nH]6)C6=CCNC(N)=C6CSSCC(CO)C5O)cc4C3CC(O)C2C(O)CCC(NCC(O)C2CCCCC2)C1. The number of ether oxygens (including phenoxy) is 1. The third kappa shape index (κ3) is 11.5. The number of rotatable bonds is 11. The van der Waals surface area contributed by atoms with Crippen molar-refractivity contribution < 1.29 is 35.4 Å². The van der Waals surface area contributed by atoms with Gasteiger partial charge in [0.2, 0.25) is 0 Å². The molecular formula is C53H76N4O7S2. The van der Waals surface area contributed by atoms with Crippen LogP contribution in [-0.4, -0.2) is 103 Å². The Hall–Kier alpha value is -3.06. The Morgan fingerprint density at radius 3 is 2.56 bits per heavy atom. The number of phenols is 1. The van der Waals surface area contributed by atoms with Gasteiger partial charge in [0.25, 0.3) is 0 Å². The molecular weight excluding hydrogens is 869 g/mol. The van der Waals surface area contributed by atoms with Crippen molar-refractivity contribution >= 4 is 21.6 Å². The molecule has 2 fully saturated rings. The number of dihydropyridines is 1. The van der Waals surface area contributed by atoms with E-state index in [4.69, 9.17) is 10.5 Å². The van der Waals surface area contributed by atoms with Crippen molar-refractivity contribution in [3.63, 3.8) is 0 Å². The van der Waals surface area contributed by atoms with Gasteiger partial charge in [-0.15, -0.1) is 0 Å². The first-order valence-corrected chi connectivity index (χ1v) is 27.6. The molecule has 1 saturated carbocycles. The molecule has 3 heterocycles. The van der Waals surface area contributed by atoms with Gasteiger partial charge in [0.15, 0.2) is 11.5 Å². The molecule has 8 rings (SSSR count). The Balaban J connectivity index is 1.09. The van der Waals surface area contributed by atoms with Gasteiger partial charge in [-0.2, -0.15) is 0 Å². The summed E-state index contributed by atoms with van der Waals surface area (Å²) in [7, 11) is 3.27. The second-order valence-electron chi connectivity index (χ2n) is 20.2. The number of hydrogen-bond acceptors (Lipinski definition) is 12. The first-order chi connectivity index (χ1) is 32.0. The molecule has 0 amide bonds. The lowest BCUT2D eigenvalue weighted by Gasteiger charge is -2.36. The van der Waals surface area contributed by atoms with Gasteiger partial charge in [0.05, 0.1) is 24.4 Å². The van der Waals surface area contributed by atoms with Crippen molar-refractivity contribution in [2.24, 2.45) is 47.2 Å². The third-order valence-electron chi connectivity index (χ3n) is 16.0. The number of aromatic amines is 1. The van der Waals surface area contributed by atoms with E-state index in [0.717, 1.165) is 66.5 Å². The van der Waals surface area contributed by atoms with Crippen molar-refractivity contribution in [1.29, 1.82) is 0 Å². The zero-order valence-corrected chi connectivity index (χ0v) is 40.7. The summed E-state index contributed by atoms with van der Waals surface area (Å²) in [5.41, 5.74) is 13.0. The zero-order chi connectivity index (χ0) is 46.3. The fourth-order valence-corrected chi connectivity index (χ4v) is 14.6. The minimum absolute atomic E-state index is 0.000470. The summed E-state index contributed by atoms with van der Waals surface area (Å²) in [6.45, 7) is 5.30. The van der Waals surface area contributed by atoms with Gasteiger partial charge in [-0.1, -0.05) is 84.3 Å². The molecule has 13 unspecified atom stereocenters. The minimum Gasteiger partial charge on any atom is -0.504 e. The number of allylic oxidation sites excluding steroid dienone is 3. The number of fused-ring (bicyclic) bond motifs is 5. The van der Waals surface area contributed by atoms with Crippen LogP contribution in [0.1, 0.15) is 114 Å². The number of phenolic OH excluding ortho intramolecular Hbond substituents is 1. The number of aromatic nitrogens is 1. The maximum atomic E-state index is 12.3. The monoisotopic (exact) mass is 945 g/mol. The van der Waals surface area contributed by atoms with E-state index in [0.29, 0.717) is 68.4 Å². The highest BCUT2D eigenvalue weighted by Crippen LogP contribution is 2.51. The summed E-state index contributed by atoms with van der Waals surface area (Å²) in [6.07, 6.45) is 14.4. The van der Waals surface area contributed by atoms with Crippen LogP contribution in [0.25, 0.3) is 0 Å². The van der Waals surface area contributed by atoms with Crippen LogP contribution in [0.4, 0.5) is 0 Å². The highest BCUT2D eigenvalue weighted by molar-refractivity contribution is 8.76. The average Bonchev–Trinajstić information content (AvgIpc) is 3.78. The molecule has 362 valence electrons. The van der Waals surface area contributed by atoms with E-state index < -0.39 is 36.3 Å². The topological polar surface area (TPSA) is 196 Å². The molecule has 1 saturated heterocycles. The van der Waals surface area contributed by atoms with Crippen LogP contribution in [0.5, 0.6) is 11.5 Å². The van der Waals surface area contributed by atoms with E-state index in [2.05, 4.69) is 59.5 Å². The first-order valence-electron chi connectivity index (χ1n) is 25.2. The molecule has 0 radical (unpaired) electrons. The molecule has 1 aromatic carbocycles. The predicted octanol–water partition coefficient (Wildman–Crippen LogP) is 6.84. The lowest BCUT2D eigenvalue weighted by Crippen LogP contribution is -2.42. The molecule has 11 N–H and O–H groups in total. The summed E-state index contributed by atoms with van der Waals surface area (Å²) in [4.78, 5) is 3.37. The van der Waals surface area contributed by atoms with Crippen molar-refractivity contribution in [3.05, 3.63) is 82.0 Å². The Morgan fingerprint density at radius 2 is 1.80 bits per heavy atom. The Kier molecular flexibility index (Phi) is 17.2. The van der Waals surface area contributed by atoms with Gasteiger partial charge in [0, 0.05) is 84.3 Å². The van der Waals surface area contributed by atoms with Crippen LogP contribution in [0.15, 0.2) is 65.2 Å². The second kappa shape index (κ2) is 23.0. The quantitative estimate of drug-likeness (QED) is 0.0641. The molecule has 0 bridgehead atoms. The lowest BCUT2D eigenvalue weighted by atomic mass is 9.70. The summed E-state index contributed by atoms with van der Waals surface area (Å²) < 4.78 is 6.90. The molecule has 6 aliphatic rings. The van der Waals surface area contributed by atoms with Crippen LogP contribution in [-0.2, 0) is 12.8 Å². The highest BCUT2D eigenvalue weighted by atomic mass is 33.1. The zero-order valence-electron chi connectivity index (χ0n) is 39.0. The summed E-state index contributed by atoms with van der Waals surface area (Å²) >= 11 is 0. The Labute approximate surface area is 400 Å². The van der Waals surface area contributed by atoms with E-state index in [-0.39, 0.29) is 59.8 Å². The Bertz CT molecular complexity index is 2080. The molecule has 0 spiro atoms. The number of aliphatic hydroxyl groups is 5. The number of nitrogens with one attached hydrogen (secondary N) is 3. The molecule has 13 heteroatoms. The highest BCUT2D eigenvalue weighted by Gasteiger charge is 2.43. The predicted molar refractivity (Wildman–Crippen MR) is 266 cm³/mol. The smallest absolute Gasteiger partial charge is 0.161 e. The largest absolute Gasteiger partial charge is 0.504 e. The van der Waals surface area contributed by atoms with Gasteiger partial charge < -0.3 is 56.7 Å². The Morgan fingerprint density at radius 1 is 0.970 bits per heavy atom. The molecule has 1 aromatic heterocycles. The number of nitrogens with two attached hydrogens (primary N) is 1. The second-order valence-corrected chi connectivity index (χ2v) is 22.7. The standard InChI is InChI=1S/C53H76N4O7S2/c1-3-31-12-13-34-22-41-32(4-2)20-35-23-46(60)49(26-42(35)43(41)25-47(61)51(34)45(59)15-14-39(19-31)57-27-48(62)33-9-6-5-7-10-33)64-50-24-36(21-38-11-8-17-55-38)40-16-18-56-53(54)44(40)30-66-65-29-37(28-58)52(50)63/h8,11,16-17,22-23,26,31-34,36-37,39,43,45,47-48,50-52,55-63H,3-7,9-10,14-15,18-21,24-25,27-30,54H2,1-2H3. The fourth-order valence-electron chi connectivity index (χ4n) is 12.1. The maximum absolute atomic E-state index is 12.3. The number of H-pyrrole nitrogens is 1. The van der Waals surface area contributed by atoms with E-state index in [1.807, 2.05) is 24.4 Å². The summed E-state index contributed by atoms with van der Waals surface area (Å²) in [5.74, 6) is 8.47. The number of aliphatic hydroxyl groups excluding tert-OH is 5. The van der Waals surface area contributed by atoms with E-state index >= 15 is 0 Å². The lowest BCUT2D eigenvalue weighted by molar-refractivity contribution is -0.0214. The van der Waals surface area contributed by atoms with Gasteiger partial charge in [-0.3, -0.25) is 0 Å². The van der Waals surface area contributed by atoms with Crippen molar-refractivity contribution in [2.45, 2.75) is 146 Å². The molecule has 2 aromatic rings. The molecule has 66 heavy (non-hydrogen) atoms. The minimum atomic E-state index is -1.04. The summed E-state index contributed by atoms with van der Waals surface area (Å²) in [6, 6.07) is 7.90. The third-order valence-corrected chi connectivity index (χ3v) is 18.4. The van der Waals surface area contributed by atoms with Gasteiger partial charge >= 0.3 is 0 Å². The van der Waals surface area contributed by atoms with Crippen molar-refractivity contribution in [3.8, 4) is 23.3 Å². The molecule has 4 aliphatic carbocycles. The van der Waals surface area contributed by atoms with E-state index in [9.17, 15) is 30.6 Å². The van der Waals surface area contributed by atoms with Crippen LogP contribution >= 0.6 is 21.6 Å². The van der Waals surface area contributed by atoms with Gasteiger partial charge in [-0.05, 0) is 129 Å². The van der Waals surface area contributed by atoms with Crippen LogP contribution in [0.2, 0.25) is 0 Å². The number of benzene rings is 1. The van der Waals surface area contributed by atoms with Gasteiger partial charge in [0.1, 0.15) is 11.9 Å². The number of hydrogen-bond donors (Lipinski definition) is 10. The van der Waals surface area contributed by atoms with Crippen LogP contribution in [0, 0.1) is 53.3 Å². The maximum Gasteiger partial charge on any atom is 0.161 e. The van der Waals surface area contributed by atoms with Gasteiger partial charge in [-0.25, -0.2) is 0 Å². The van der Waals surface area contributed by atoms with E-state index in [1.165, 1.54) is 24.8 Å². The molecule has 11 nitrogen and oxygen atoms in total. The molecule has 13 atom stereocenters. The first kappa shape index (κ1) is 49.4.